The first-order chi connectivity index (χ1) is 10.6. The van der Waals surface area contributed by atoms with E-state index in [-0.39, 0.29) is 5.56 Å². The minimum absolute atomic E-state index is 0.158. The molecule has 0 spiro atoms. The van der Waals surface area contributed by atoms with Crippen LogP contribution in [0, 0.1) is 12.8 Å². The summed E-state index contributed by atoms with van der Waals surface area (Å²) in [4.78, 5) is 17.1. The molecule has 3 aromatic heterocycles. The number of tetrazole rings is 1. The van der Waals surface area contributed by atoms with Crippen LogP contribution in [0.2, 0.25) is 0 Å². The van der Waals surface area contributed by atoms with E-state index in [4.69, 9.17) is 0 Å². The van der Waals surface area contributed by atoms with Crippen molar-refractivity contribution in [2.75, 3.05) is 0 Å². The maximum absolute atomic E-state index is 12.7. The highest BCUT2D eigenvalue weighted by Gasteiger charge is 2.15. The lowest BCUT2D eigenvalue weighted by molar-refractivity contribution is 0.481. The predicted octanol–water partition coefficient (Wildman–Crippen LogP) is 1.70. The van der Waals surface area contributed by atoms with Crippen molar-refractivity contribution in [1.29, 1.82) is 0 Å². The van der Waals surface area contributed by atoms with Gasteiger partial charge in [0, 0.05) is 18.9 Å². The van der Waals surface area contributed by atoms with Crippen molar-refractivity contribution in [3.8, 4) is 11.4 Å². The third-order valence-electron chi connectivity index (χ3n) is 3.62. The van der Waals surface area contributed by atoms with Gasteiger partial charge in [-0.25, -0.2) is 9.67 Å². The van der Waals surface area contributed by atoms with E-state index in [2.05, 4.69) is 34.4 Å². The smallest absolute Gasteiger partial charge is 0.268 e. The van der Waals surface area contributed by atoms with Gasteiger partial charge in [-0.1, -0.05) is 19.9 Å². The number of rotatable bonds is 4. The zero-order valence-electron chi connectivity index (χ0n) is 12.9. The van der Waals surface area contributed by atoms with Gasteiger partial charge in [0.15, 0.2) is 5.82 Å². The molecule has 0 saturated carbocycles. The van der Waals surface area contributed by atoms with E-state index < -0.39 is 0 Å². The summed E-state index contributed by atoms with van der Waals surface area (Å²) in [5, 5.41) is 11.7. The highest BCUT2D eigenvalue weighted by atomic mass is 16.1. The van der Waals surface area contributed by atoms with Crippen LogP contribution in [0.1, 0.15) is 25.8 Å². The Morgan fingerprint density at radius 3 is 2.91 bits per heavy atom. The van der Waals surface area contributed by atoms with Gasteiger partial charge >= 0.3 is 0 Å². The fraction of sp³-hybridized carbons (Fsp3) is 0.400. The molecular weight excluding hydrogens is 280 g/mol. The van der Waals surface area contributed by atoms with Gasteiger partial charge in [-0.3, -0.25) is 9.20 Å². The molecule has 3 aromatic rings. The quantitative estimate of drug-likeness (QED) is 0.732. The number of aryl methyl sites for hydroxylation is 2. The first-order valence-electron chi connectivity index (χ1n) is 7.31. The summed E-state index contributed by atoms with van der Waals surface area (Å²) in [6.07, 6.45) is 4.21. The van der Waals surface area contributed by atoms with Gasteiger partial charge in [0.2, 0.25) is 0 Å². The molecule has 0 amide bonds. The molecule has 0 aliphatic heterocycles. The number of aromatic nitrogens is 6. The minimum Gasteiger partial charge on any atom is -0.268 e. The summed E-state index contributed by atoms with van der Waals surface area (Å²) in [6.45, 7) is 6.88. The molecule has 3 heterocycles. The summed E-state index contributed by atoms with van der Waals surface area (Å²) in [5.74, 6) is 1.00. The second-order valence-corrected chi connectivity index (χ2v) is 5.77. The van der Waals surface area contributed by atoms with Crippen LogP contribution in [0.15, 0.2) is 29.3 Å². The largest absolute Gasteiger partial charge is 0.269 e. The van der Waals surface area contributed by atoms with Crippen LogP contribution in [-0.4, -0.2) is 29.6 Å². The average molecular weight is 298 g/mol. The van der Waals surface area contributed by atoms with Crippen LogP contribution in [0.5, 0.6) is 0 Å². The third-order valence-corrected chi connectivity index (χ3v) is 3.62. The lowest BCUT2D eigenvalue weighted by Crippen LogP contribution is -2.19. The van der Waals surface area contributed by atoms with Gasteiger partial charge in [-0.15, -0.1) is 5.10 Å². The van der Waals surface area contributed by atoms with Gasteiger partial charge in [0.1, 0.15) is 11.2 Å². The van der Waals surface area contributed by atoms with Crippen LogP contribution in [0.4, 0.5) is 0 Å². The summed E-state index contributed by atoms with van der Waals surface area (Å²) in [5.41, 5.74) is 1.86. The topological polar surface area (TPSA) is 78.0 Å². The third kappa shape index (κ3) is 2.49. The van der Waals surface area contributed by atoms with Crippen molar-refractivity contribution < 1.29 is 0 Å². The molecule has 0 aliphatic rings. The molecule has 22 heavy (non-hydrogen) atoms. The van der Waals surface area contributed by atoms with Crippen molar-refractivity contribution >= 4 is 5.65 Å². The van der Waals surface area contributed by atoms with Gasteiger partial charge in [-0.2, -0.15) is 0 Å². The van der Waals surface area contributed by atoms with Crippen LogP contribution < -0.4 is 5.56 Å². The highest BCUT2D eigenvalue weighted by Crippen LogP contribution is 2.13. The first-order valence-corrected chi connectivity index (χ1v) is 7.31. The molecule has 7 nitrogen and oxygen atoms in total. The number of pyridine rings is 1. The zero-order valence-corrected chi connectivity index (χ0v) is 12.9. The standard InChI is InChI=1S/C15H18N6O/c1-10(2)6-8-21-14(17-18-19-21)12-9-16-13-11(3)5-4-7-20(13)15(12)22/h4-5,7,9-10H,6,8H2,1-3H3. The second-order valence-electron chi connectivity index (χ2n) is 5.77. The molecule has 0 N–H and O–H groups in total. The maximum atomic E-state index is 12.7. The zero-order chi connectivity index (χ0) is 15.7. The van der Waals surface area contributed by atoms with Crippen LogP contribution in [0.3, 0.4) is 0 Å². The van der Waals surface area contributed by atoms with Crippen molar-refractivity contribution in [1.82, 2.24) is 29.6 Å². The van der Waals surface area contributed by atoms with Gasteiger partial charge in [0.25, 0.3) is 5.56 Å². The van der Waals surface area contributed by atoms with Gasteiger partial charge < -0.3 is 0 Å². The van der Waals surface area contributed by atoms with Crippen LogP contribution in [0.25, 0.3) is 17.0 Å². The Hall–Kier alpha value is -2.57. The fourth-order valence-corrected chi connectivity index (χ4v) is 2.33. The maximum Gasteiger partial charge on any atom is 0.269 e. The lowest BCUT2D eigenvalue weighted by Gasteiger charge is -2.08. The number of hydrogen-bond acceptors (Lipinski definition) is 5. The Morgan fingerprint density at radius 1 is 1.32 bits per heavy atom. The molecule has 0 saturated heterocycles. The summed E-state index contributed by atoms with van der Waals surface area (Å²) < 4.78 is 3.20. The summed E-state index contributed by atoms with van der Waals surface area (Å²) >= 11 is 0. The molecule has 0 bridgehead atoms. The van der Waals surface area contributed by atoms with Crippen molar-refractivity contribution in [3.05, 3.63) is 40.4 Å². The Morgan fingerprint density at radius 2 is 2.14 bits per heavy atom. The van der Waals surface area contributed by atoms with Gasteiger partial charge in [0.05, 0.1) is 0 Å². The minimum atomic E-state index is -0.158. The Kier molecular flexibility index (Phi) is 3.70. The van der Waals surface area contributed by atoms with Crippen molar-refractivity contribution in [3.63, 3.8) is 0 Å². The van der Waals surface area contributed by atoms with Gasteiger partial charge in [-0.05, 0) is 41.3 Å². The molecule has 114 valence electrons. The molecule has 7 heteroatoms. The molecule has 0 unspecified atom stereocenters. The van der Waals surface area contributed by atoms with E-state index >= 15 is 0 Å². The van der Waals surface area contributed by atoms with E-state index in [9.17, 15) is 4.79 Å². The Bertz CT molecular complexity index is 864. The molecular formula is C15H18N6O. The number of nitrogens with zero attached hydrogens (tertiary/aromatic N) is 6. The highest BCUT2D eigenvalue weighted by molar-refractivity contribution is 5.56. The number of fused-ring (bicyclic) bond motifs is 1. The van der Waals surface area contributed by atoms with E-state index in [1.807, 2.05) is 19.1 Å². The van der Waals surface area contributed by atoms with E-state index in [0.29, 0.717) is 29.5 Å². The fourth-order valence-electron chi connectivity index (χ4n) is 2.33. The van der Waals surface area contributed by atoms with E-state index in [1.54, 1.807) is 17.1 Å². The average Bonchev–Trinajstić information content (AvgIpc) is 2.94. The normalized spacial score (nSPS) is 11.5. The Labute approximate surface area is 127 Å². The SMILES string of the molecule is Cc1cccn2c(=O)c(-c3nnnn3CCC(C)C)cnc12. The van der Waals surface area contributed by atoms with E-state index in [1.165, 1.54) is 4.40 Å². The molecule has 0 aliphatic carbocycles. The van der Waals surface area contributed by atoms with Crippen molar-refractivity contribution in [2.24, 2.45) is 5.92 Å². The predicted molar refractivity (Wildman–Crippen MR) is 82.5 cm³/mol. The molecule has 3 rings (SSSR count). The molecule has 0 aromatic carbocycles. The first kappa shape index (κ1) is 14.4. The van der Waals surface area contributed by atoms with Crippen molar-refractivity contribution in [2.45, 2.75) is 33.7 Å². The lowest BCUT2D eigenvalue weighted by atomic mass is 10.1. The summed E-state index contributed by atoms with van der Waals surface area (Å²) in [7, 11) is 0. The van der Waals surface area contributed by atoms with Crippen LogP contribution >= 0.6 is 0 Å². The number of hydrogen-bond donors (Lipinski definition) is 0. The van der Waals surface area contributed by atoms with E-state index in [0.717, 1.165) is 12.0 Å². The second kappa shape index (κ2) is 5.67. The summed E-state index contributed by atoms with van der Waals surface area (Å²) in [6, 6.07) is 3.76. The van der Waals surface area contributed by atoms with Crippen LogP contribution in [-0.2, 0) is 6.54 Å². The molecule has 0 atom stereocenters. The monoisotopic (exact) mass is 298 g/mol. The Balaban J connectivity index is 2.10. The molecule has 0 radical (unpaired) electrons. The molecule has 0 fully saturated rings.